The molecule has 0 saturated carbocycles. The number of thiol groups is 1. The van der Waals surface area contributed by atoms with Gasteiger partial charge in [-0.05, 0) is 24.4 Å². The molecule has 1 unspecified atom stereocenters. The van der Waals surface area contributed by atoms with Crippen molar-refractivity contribution in [3.05, 3.63) is 0 Å². The molecule has 0 aromatic rings. The maximum absolute atomic E-state index is 8.65. The maximum atomic E-state index is 8.65. The molecule has 0 bridgehead atoms. The Hall–Kier alpha value is 0.240. The Kier molecular flexibility index (Phi) is 4.28. The largest absolute Gasteiger partial charge is 0.502 e. The third-order valence-corrected chi connectivity index (χ3v) is 1.64. The molecule has 0 heterocycles. The lowest BCUT2D eigenvalue weighted by molar-refractivity contribution is 0.505. The van der Waals surface area contributed by atoms with Crippen LogP contribution in [0.4, 0.5) is 0 Å². The van der Waals surface area contributed by atoms with Crippen LogP contribution in [0.5, 0.6) is 0 Å². The fourth-order valence-corrected chi connectivity index (χ4v) is 0.822. The second kappa shape index (κ2) is 4.15. The van der Waals surface area contributed by atoms with Gasteiger partial charge in [-0.1, -0.05) is 6.92 Å². The van der Waals surface area contributed by atoms with Gasteiger partial charge in [-0.25, -0.2) is 0 Å². The van der Waals surface area contributed by atoms with Crippen LogP contribution in [0.2, 0.25) is 0 Å². The average Bonchev–Trinajstić information content (AvgIpc) is 1.67. The van der Waals surface area contributed by atoms with E-state index in [0.29, 0.717) is 0 Å². The van der Waals surface area contributed by atoms with Crippen LogP contribution in [0.1, 0.15) is 13.3 Å². The van der Waals surface area contributed by atoms with E-state index in [9.17, 15) is 0 Å². The summed E-state index contributed by atoms with van der Waals surface area (Å²) in [6.07, 6.45) is 0.860. The van der Waals surface area contributed by atoms with Gasteiger partial charge in [0.1, 0.15) is 0 Å². The minimum Gasteiger partial charge on any atom is -0.502 e. The van der Waals surface area contributed by atoms with Crippen LogP contribution in [-0.2, 0) is 0 Å². The van der Waals surface area contributed by atoms with Crippen molar-refractivity contribution < 1.29 is 5.11 Å². The van der Waals surface area contributed by atoms with E-state index in [0.717, 1.165) is 12.2 Å². The molecule has 0 saturated heterocycles. The predicted molar refractivity (Wildman–Crippen MR) is 42.9 cm³/mol. The number of rotatable bonds is 3. The van der Waals surface area contributed by atoms with Gasteiger partial charge in [-0.3, -0.25) is 0 Å². The van der Waals surface area contributed by atoms with Crippen LogP contribution in [-0.4, -0.2) is 15.9 Å². The second-order valence-electron chi connectivity index (χ2n) is 1.75. The van der Waals surface area contributed by atoms with Gasteiger partial charge in [0.2, 0.25) is 0 Å². The summed E-state index contributed by atoms with van der Waals surface area (Å²) in [5, 5.41) is 8.75. The van der Waals surface area contributed by atoms with E-state index >= 15 is 0 Å². The van der Waals surface area contributed by atoms with Gasteiger partial charge in [0.05, 0.1) is 0 Å². The molecule has 0 aliphatic carbocycles. The van der Waals surface area contributed by atoms with E-state index < -0.39 is 0 Å². The van der Waals surface area contributed by atoms with Crippen LogP contribution in [0.25, 0.3) is 0 Å². The lowest BCUT2D eigenvalue weighted by Gasteiger charge is -2.03. The summed E-state index contributed by atoms with van der Waals surface area (Å²) < 4.78 is 0. The molecule has 8 heavy (non-hydrogen) atoms. The summed E-state index contributed by atoms with van der Waals surface area (Å²) in [4.78, 5) is 0. The Morgan fingerprint density at radius 2 is 2.38 bits per heavy atom. The zero-order valence-corrected chi connectivity index (χ0v) is 6.51. The quantitative estimate of drug-likeness (QED) is 0.473. The number of hydrogen-bond acceptors (Lipinski definition) is 2. The van der Waals surface area contributed by atoms with Gasteiger partial charge in [0, 0.05) is 5.92 Å². The second-order valence-corrected chi connectivity index (χ2v) is 2.62. The molecule has 0 aliphatic rings. The van der Waals surface area contributed by atoms with Crippen molar-refractivity contribution in [3.8, 4) is 0 Å². The third-order valence-electron chi connectivity index (χ3n) is 0.984. The summed E-state index contributed by atoms with van der Waals surface area (Å²) in [5.74, 6) is 0.907. The highest BCUT2D eigenvalue weighted by Gasteiger charge is 2.03. The van der Waals surface area contributed by atoms with Crippen LogP contribution in [0.15, 0.2) is 0 Å². The first kappa shape index (κ1) is 8.24. The van der Waals surface area contributed by atoms with Crippen molar-refractivity contribution in [2.45, 2.75) is 13.3 Å². The van der Waals surface area contributed by atoms with Gasteiger partial charge >= 0.3 is 0 Å². The average molecular weight is 150 g/mol. The summed E-state index contributed by atoms with van der Waals surface area (Å²) in [7, 11) is 0. The van der Waals surface area contributed by atoms with Crippen LogP contribution < -0.4 is 0 Å². The van der Waals surface area contributed by atoms with Gasteiger partial charge in [0.25, 0.3) is 0 Å². The Balaban J connectivity index is 3.32. The molecule has 1 N–H and O–H groups in total. The first-order valence-electron chi connectivity index (χ1n) is 2.52. The van der Waals surface area contributed by atoms with Crippen LogP contribution >= 0.6 is 24.8 Å². The summed E-state index contributed by atoms with van der Waals surface area (Å²) in [5.41, 5.74) is 0. The highest BCUT2D eigenvalue weighted by Crippen LogP contribution is 2.03. The zero-order chi connectivity index (χ0) is 6.57. The number of aliphatic hydroxyl groups is 1. The van der Waals surface area contributed by atoms with Crippen molar-refractivity contribution in [2.75, 3.05) is 5.75 Å². The standard InChI is InChI=1S/C5H10OS2/c1-4(2-3-7)5(6)8/h4,7H,2-3H2,1H3,(H,6,8). The molecular formula is C5H10OS2. The molecule has 0 fully saturated rings. The molecule has 0 aliphatic heterocycles. The molecule has 0 aromatic heterocycles. The maximum Gasteiger partial charge on any atom is 0.159 e. The lowest BCUT2D eigenvalue weighted by Crippen LogP contribution is -2.06. The van der Waals surface area contributed by atoms with Crippen molar-refractivity contribution in [1.82, 2.24) is 0 Å². The summed E-state index contributed by atoms with van der Waals surface area (Å²) in [6.45, 7) is 1.89. The van der Waals surface area contributed by atoms with E-state index in [1.54, 1.807) is 0 Å². The predicted octanol–water partition coefficient (Wildman–Crippen LogP) is 1.83. The number of hydrogen-bond donors (Lipinski definition) is 2. The molecule has 1 nitrogen and oxygen atoms in total. The van der Waals surface area contributed by atoms with Gasteiger partial charge < -0.3 is 5.11 Å². The van der Waals surface area contributed by atoms with Crippen LogP contribution in [0.3, 0.4) is 0 Å². The normalized spacial score (nSPS) is 13.2. The van der Waals surface area contributed by atoms with Crippen LogP contribution in [0, 0.1) is 5.92 Å². The summed E-state index contributed by atoms with van der Waals surface area (Å²) in [6, 6.07) is 0. The molecule has 0 amide bonds. The van der Waals surface area contributed by atoms with Crippen molar-refractivity contribution >= 4 is 29.9 Å². The Morgan fingerprint density at radius 3 is 2.50 bits per heavy atom. The van der Waals surface area contributed by atoms with E-state index in [1.807, 2.05) is 6.92 Å². The van der Waals surface area contributed by atoms with Crippen molar-refractivity contribution in [1.29, 1.82) is 0 Å². The molecule has 0 rings (SSSR count). The number of thiocarbonyl (C=S) groups is 1. The minimum atomic E-state index is 0.0963. The molecular weight excluding hydrogens is 140 g/mol. The highest BCUT2D eigenvalue weighted by atomic mass is 32.1. The smallest absolute Gasteiger partial charge is 0.159 e. The first-order chi connectivity index (χ1) is 3.68. The molecule has 3 heteroatoms. The number of aliphatic hydroxyl groups excluding tert-OH is 1. The van der Waals surface area contributed by atoms with Gasteiger partial charge in [-0.15, -0.1) is 0 Å². The molecule has 0 aromatic carbocycles. The Morgan fingerprint density at radius 1 is 1.88 bits per heavy atom. The van der Waals surface area contributed by atoms with Gasteiger partial charge in [-0.2, -0.15) is 12.6 Å². The first-order valence-corrected chi connectivity index (χ1v) is 3.56. The molecule has 48 valence electrons. The van der Waals surface area contributed by atoms with Crippen molar-refractivity contribution in [2.24, 2.45) is 5.92 Å². The SMILES string of the molecule is CC(CCS)C(O)=S. The van der Waals surface area contributed by atoms with E-state index in [-0.39, 0.29) is 11.0 Å². The van der Waals surface area contributed by atoms with E-state index in [1.165, 1.54) is 0 Å². The van der Waals surface area contributed by atoms with E-state index in [4.69, 9.17) is 5.11 Å². The molecule has 0 spiro atoms. The van der Waals surface area contributed by atoms with E-state index in [2.05, 4.69) is 24.8 Å². The minimum absolute atomic E-state index is 0.0963. The molecule has 0 radical (unpaired) electrons. The molecule has 1 atom stereocenters. The lowest BCUT2D eigenvalue weighted by atomic mass is 10.1. The fourth-order valence-electron chi connectivity index (χ4n) is 0.317. The Bertz CT molecular complexity index is 82.5. The summed E-state index contributed by atoms with van der Waals surface area (Å²) >= 11 is 8.49. The monoisotopic (exact) mass is 150 g/mol. The third kappa shape index (κ3) is 3.27. The fraction of sp³-hybridized carbons (Fsp3) is 0.800. The Labute approximate surface area is 60.5 Å². The topological polar surface area (TPSA) is 20.2 Å². The van der Waals surface area contributed by atoms with Gasteiger partial charge in [0.15, 0.2) is 5.05 Å². The zero-order valence-electron chi connectivity index (χ0n) is 4.79. The van der Waals surface area contributed by atoms with Crippen molar-refractivity contribution in [3.63, 3.8) is 0 Å². The highest BCUT2D eigenvalue weighted by molar-refractivity contribution is 7.80.